The van der Waals surface area contributed by atoms with E-state index in [-0.39, 0.29) is 13.2 Å². The molecule has 0 radical (unpaired) electrons. The summed E-state index contributed by atoms with van der Waals surface area (Å²) in [4.78, 5) is 1.33. The molecule has 31 heavy (non-hydrogen) atoms. The molecule has 3 aromatic rings. The first-order chi connectivity index (χ1) is 15.0. The van der Waals surface area contributed by atoms with Gasteiger partial charge in [-0.2, -0.15) is 0 Å². The van der Waals surface area contributed by atoms with E-state index in [4.69, 9.17) is 0 Å². The molecule has 2 aromatic carbocycles. The summed E-state index contributed by atoms with van der Waals surface area (Å²) in [6, 6.07) is 14.6. The van der Waals surface area contributed by atoms with E-state index >= 15 is 0 Å². The first-order valence-corrected chi connectivity index (χ1v) is 12.1. The first-order valence-electron chi connectivity index (χ1n) is 11.2. The minimum absolute atomic E-state index is 0.0447. The third-order valence-corrected chi connectivity index (χ3v) is 7.43. The molecular formula is C27H34O3S. The molecule has 0 spiro atoms. The van der Waals surface area contributed by atoms with Crippen molar-refractivity contribution >= 4 is 11.3 Å². The Morgan fingerprint density at radius 2 is 1.55 bits per heavy atom. The lowest BCUT2D eigenvalue weighted by atomic mass is 9.85. The Kier molecular flexibility index (Phi) is 8.06. The normalized spacial score (nSPS) is 11.8. The molecule has 0 fully saturated rings. The number of benzene rings is 2. The van der Waals surface area contributed by atoms with Crippen LogP contribution in [-0.2, 0) is 38.1 Å². The van der Waals surface area contributed by atoms with E-state index in [0.29, 0.717) is 12.8 Å². The Hall–Kier alpha value is -1.98. The van der Waals surface area contributed by atoms with Gasteiger partial charge in [0.05, 0.1) is 18.8 Å². The van der Waals surface area contributed by atoms with Gasteiger partial charge in [-0.3, -0.25) is 0 Å². The Labute approximate surface area is 190 Å². The largest absolute Gasteiger partial charge is 0.392 e. The number of hydrogen-bond acceptors (Lipinski definition) is 4. The van der Waals surface area contributed by atoms with Crippen molar-refractivity contribution in [3.8, 4) is 11.1 Å². The van der Waals surface area contributed by atoms with Crippen molar-refractivity contribution in [2.75, 3.05) is 0 Å². The lowest BCUT2D eigenvalue weighted by Crippen LogP contribution is -2.23. The van der Waals surface area contributed by atoms with Crippen LogP contribution in [0, 0.1) is 0 Å². The fourth-order valence-corrected chi connectivity index (χ4v) is 5.06. The molecule has 3 nitrogen and oxygen atoms in total. The molecule has 0 bridgehead atoms. The van der Waals surface area contributed by atoms with E-state index < -0.39 is 5.60 Å². The Bertz CT molecular complexity index is 1000. The fraction of sp³-hybridized carbons (Fsp3) is 0.407. The van der Waals surface area contributed by atoms with Crippen LogP contribution in [0.1, 0.15) is 66.3 Å². The van der Waals surface area contributed by atoms with Crippen LogP contribution in [-0.4, -0.2) is 15.3 Å². The van der Waals surface area contributed by atoms with Gasteiger partial charge in [0.1, 0.15) is 0 Å². The minimum Gasteiger partial charge on any atom is -0.392 e. The van der Waals surface area contributed by atoms with Gasteiger partial charge in [-0.05, 0) is 82.5 Å². The van der Waals surface area contributed by atoms with Crippen molar-refractivity contribution in [1.29, 1.82) is 0 Å². The standard InChI is InChI=1S/C27H34O3S/c1-4-20-14-24(27(30,5-2)6-3)10-12-26(20)23-15-25(31-18-23)11-8-19-7-9-21(16-28)22(13-19)17-29/h7,9-10,12-15,18,28-30H,4-6,8,11,16-17H2,1-3H3. The summed E-state index contributed by atoms with van der Waals surface area (Å²) in [7, 11) is 0. The molecule has 0 atom stereocenters. The quantitative estimate of drug-likeness (QED) is 0.377. The third kappa shape index (κ3) is 5.27. The summed E-state index contributed by atoms with van der Waals surface area (Å²) in [6.45, 7) is 6.15. The van der Waals surface area contributed by atoms with Gasteiger partial charge in [0.2, 0.25) is 0 Å². The molecule has 1 heterocycles. The second-order valence-electron chi connectivity index (χ2n) is 8.19. The van der Waals surface area contributed by atoms with E-state index in [1.165, 1.54) is 27.1 Å². The maximum absolute atomic E-state index is 10.9. The molecule has 0 saturated carbocycles. The minimum atomic E-state index is -0.749. The van der Waals surface area contributed by atoms with Crippen molar-refractivity contribution in [3.05, 3.63) is 80.5 Å². The monoisotopic (exact) mass is 438 g/mol. The molecule has 0 aliphatic rings. The Morgan fingerprint density at radius 1 is 0.806 bits per heavy atom. The fourth-order valence-electron chi connectivity index (χ4n) is 4.17. The van der Waals surface area contributed by atoms with E-state index in [9.17, 15) is 15.3 Å². The molecule has 0 unspecified atom stereocenters. The average molecular weight is 439 g/mol. The van der Waals surface area contributed by atoms with Gasteiger partial charge in [0, 0.05) is 4.88 Å². The van der Waals surface area contributed by atoms with Gasteiger partial charge in [-0.25, -0.2) is 0 Å². The molecule has 3 N–H and O–H groups in total. The zero-order valence-corrected chi connectivity index (χ0v) is 19.6. The highest BCUT2D eigenvalue weighted by molar-refractivity contribution is 7.10. The van der Waals surface area contributed by atoms with Crippen LogP contribution >= 0.6 is 11.3 Å². The highest BCUT2D eigenvalue weighted by Crippen LogP contribution is 2.35. The Balaban J connectivity index is 1.77. The average Bonchev–Trinajstić information content (AvgIpc) is 3.30. The van der Waals surface area contributed by atoms with Crippen LogP contribution in [0.3, 0.4) is 0 Å². The molecule has 0 aliphatic heterocycles. The maximum Gasteiger partial charge on any atom is 0.0891 e. The lowest BCUT2D eigenvalue weighted by molar-refractivity contribution is 0.0283. The first kappa shape index (κ1) is 23.7. The van der Waals surface area contributed by atoms with Crippen LogP contribution in [0.15, 0.2) is 47.8 Å². The van der Waals surface area contributed by atoms with Gasteiger partial charge in [-0.15, -0.1) is 11.3 Å². The SMILES string of the molecule is CCc1cc(C(O)(CC)CC)ccc1-c1csc(CCc2ccc(CO)c(CO)c2)c1. The van der Waals surface area contributed by atoms with E-state index in [2.05, 4.69) is 36.6 Å². The summed E-state index contributed by atoms with van der Waals surface area (Å²) in [5.74, 6) is 0. The van der Waals surface area contributed by atoms with E-state index in [0.717, 1.165) is 36.0 Å². The van der Waals surface area contributed by atoms with Gasteiger partial charge >= 0.3 is 0 Å². The molecule has 0 aliphatic carbocycles. The number of rotatable bonds is 10. The van der Waals surface area contributed by atoms with Crippen LogP contribution in [0.4, 0.5) is 0 Å². The second-order valence-corrected chi connectivity index (χ2v) is 9.18. The molecule has 4 heteroatoms. The maximum atomic E-state index is 10.9. The van der Waals surface area contributed by atoms with Crippen molar-refractivity contribution in [1.82, 2.24) is 0 Å². The van der Waals surface area contributed by atoms with Crippen molar-refractivity contribution < 1.29 is 15.3 Å². The molecule has 0 saturated heterocycles. The predicted molar refractivity (Wildman–Crippen MR) is 129 cm³/mol. The van der Waals surface area contributed by atoms with Crippen LogP contribution in [0.2, 0.25) is 0 Å². The summed E-state index contributed by atoms with van der Waals surface area (Å²) >= 11 is 1.78. The zero-order valence-electron chi connectivity index (χ0n) is 18.8. The van der Waals surface area contributed by atoms with Gasteiger partial charge in [0.25, 0.3) is 0 Å². The summed E-state index contributed by atoms with van der Waals surface area (Å²) in [6.07, 6.45) is 4.20. The third-order valence-electron chi connectivity index (χ3n) is 6.43. The number of hydrogen-bond donors (Lipinski definition) is 3. The lowest BCUT2D eigenvalue weighted by Gasteiger charge is -2.27. The number of aliphatic hydroxyl groups excluding tert-OH is 2. The van der Waals surface area contributed by atoms with Crippen molar-refractivity contribution in [2.24, 2.45) is 0 Å². The molecule has 166 valence electrons. The highest BCUT2D eigenvalue weighted by Gasteiger charge is 2.25. The number of thiophene rings is 1. The second kappa shape index (κ2) is 10.6. The van der Waals surface area contributed by atoms with Crippen LogP contribution in [0.25, 0.3) is 11.1 Å². The van der Waals surface area contributed by atoms with Crippen LogP contribution < -0.4 is 0 Å². The summed E-state index contributed by atoms with van der Waals surface area (Å²) in [5, 5.41) is 32.0. The zero-order chi connectivity index (χ0) is 22.4. The molecular weight excluding hydrogens is 404 g/mol. The predicted octanol–water partition coefficient (Wildman–Crippen LogP) is 5.75. The molecule has 1 aromatic heterocycles. The van der Waals surface area contributed by atoms with Gasteiger partial charge < -0.3 is 15.3 Å². The summed E-state index contributed by atoms with van der Waals surface area (Å²) < 4.78 is 0. The van der Waals surface area contributed by atoms with E-state index in [1.54, 1.807) is 11.3 Å². The smallest absolute Gasteiger partial charge is 0.0891 e. The van der Waals surface area contributed by atoms with Gasteiger partial charge in [0.15, 0.2) is 0 Å². The highest BCUT2D eigenvalue weighted by atomic mass is 32.1. The van der Waals surface area contributed by atoms with E-state index in [1.807, 2.05) is 32.0 Å². The van der Waals surface area contributed by atoms with Crippen molar-refractivity contribution in [2.45, 2.75) is 71.7 Å². The topological polar surface area (TPSA) is 60.7 Å². The summed E-state index contributed by atoms with van der Waals surface area (Å²) in [5.41, 5.74) is 6.80. The van der Waals surface area contributed by atoms with Crippen LogP contribution in [0.5, 0.6) is 0 Å². The Morgan fingerprint density at radius 3 is 2.19 bits per heavy atom. The number of aliphatic hydroxyl groups is 3. The van der Waals surface area contributed by atoms with Crippen molar-refractivity contribution in [3.63, 3.8) is 0 Å². The molecule has 3 rings (SSSR count). The number of aryl methyl sites for hydroxylation is 3. The molecule has 0 amide bonds. The van der Waals surface area contributed by atoms with Gasteiger partial charge in [-0.1, -0.05) is 57.2 Å².